The molecule has 2 fully saturated rings. The van der Waals surface area contributed by atoms with E-state index in [0.29, 0.717) is 5.41 Å². The molecule has 2 unspecified atom stereocenters. The highest BCUT2D eigenvalue weighted by molar-refractivity contribution is 6.40. The number of fused-ring (bicyclic) bond motifs is 2. The second-order valence-corrected chi connectivity index (χ2v) is 8.04. The molecule has 0 aromatic heterocycles. The van der Waals surface area contributed by atoms with Crippen LogP contribution in [0.4, 0.5) is 0 Å². The largest absolute Gasteiger partial charge is 0.375 e. The van der Waals surface area contributed by atoms with Crippen molar-refractivity contribution in [1.29, 1.82) is 0 Å². The second kappa shape index (κ2) is 4.01. The average molecular weight is 236 g/mol. The minimum absolute atomic E-state index is 0.00750. The summed E-state index contributed by atoms with van der Waals surface area (Å²) in [7, 11) is 1.29. The first-order valence-electron chi connectivity index (χ1n) is 7.31. The molecule has 0 spiro atoms. The van der Waals surface area contributed by atoms with E-state index in [9.17, 15) is 0 Å². The third-order valence-corrected chi connectivity index (χ3v) is 6.36. The van der Waals surface area contributed by atoms with Crippen LogP contribution in [0.15, 0.2) is 0 Å². The zero-order valence-corrected chi connectivity index (χ0v) is 12.6. The maximum Gasteiger partial charge on any atom is 0.131 e. The van der Waals surface area contributed by atoms with E-state index in [0.717, 1.165) is 18.4 Å². The molecule has 2 heteroatoms. The van der Waals surface area contributed by atoms with Crippen molar-refractivity contribution in [2.45, 2.75) is 71.6 Å². The lowest BCUT2D eigenvalue weighted by Crippen LogP contribution is -2.41. The molecule has 17 heavy (non-hydrogen) atoms. The van der Waals surface area contributed by atoms with E-state index in [-0.39, 0.29) is 10.9 Å². The van der Waals surface area contributed by atoms with Gasteiger partial charge < -0.3 is 4.74 Å². The van der Waals surface area contributed by atoms with Crippen LogP contribution in [0.1, 0.15) is 54.4 Å². The van der Waals surface area contributed by atoms with Gasteiger partial charge in [-0.3, -0.25) is 0 Å². The molecule has 0 N–H and O–H groups in total. The van der Waals surface area contributed by atoms with E-state index in [1.54, 1.807) is 0 Å². The van der Waals surface area contributed by atoms with E-state index in [1.807, 2.05) is 0 Å². The fourth-order valence-electron chi connectivity index (χ4n) is 3.63. The van der Waals surface area contributed by atoms with E-state index < -0.39 is 0 Å². The molecule has 2 aliphatic rings. The fraction of sp³-hybridized carbons (Fsp3) is 1.00. The minimum Gasteiger partial charge on any atom is -0.375 e. The Kier molecular flexibility index (Phi) is 3.18. The maximum absolute atomic E-state index is 6.33. The monoisotopic (exact) mass is 236 g/mol. The first-order valence-corrected chi connectivity index (χ1v) is 7.31. The lowest BCUT2D eigenvalue weighted by molar-refractivity contribution is -0.0707. The summed E-state index contributed by atoms with van der Waals surface area (Å²) in [5.41, 5.74) is 0.490. The quantitative estimate of drug-likeness (QED) is 0.579. The Bertz CT molecular complexity index is 265. The molecule has 2 atom stereocenters. The Morgan fingerprint density at radius 3 is 2.18 bits per heavy atom. The summed E-state index contributed by atoms with van der Waals surface area (Å²) >= 11 is 0. The van der Waals surface area contributed by atoms with Gasteiger partial charge in [-0.05, 0) is 42.8 Å². The third kappa shape index (κ3) is 2.18. The Labute approximate surface area is 108 Å². The summed E-state index contributed by atoms with van der Waals surface area (Å²) in [6, 6.07) is 0. The summed E-state index contributed by atoms with van der Waals surface area (Å²) in [6.45, 7) is 15.2. The molecule has 1 nitrogen and oxygen atoms in total. The van der Waals surface area contributed by atoms with Crippen molar-refractivity contribution < 1.29 is 4.74 Å². The standard InChI is InChI=1S/C15H29BO/c1-13(2)11-7-8-12(13)10-17-15(5,6)14(3,4)16-9-11/h11-12,16H,7-10H2,1-6H3. The van der Waals surface area contributed by atoms with Gasteiger partial charge in [0.15, 0.2) is 0 Å². The molecule has 98 valence electrons. The first-order chi connectivity index (χ1) is 7.67. The van der Waals surface area contributed by atoms with Gasteiger partial charge in [-0.1, -0.05) is 40.4 Å². The molecule has 1 saturated heterocycles. The molecule has 2 rings (SSSR count). The highest BCUT2D eigenvalue weighted by atomic mass is 16.5. The Balaban J connectivity index is 2.24. The molecule has 1 heterocycles. The van der Waals surface area contributed by atoms with E-state index in [4.69, 9.17) is 4.74 Å². The van der Waals surface area contributed by atoms with Crippen molar-refractivity contribution in [3.63, 3.8) is 0 Å². The molecule has 0 radical (unpaired) electrons. The fourth-order valence-corrected chi connectivity index (χ4v) is 3.63. The van der Waals surface area contributed by atoms with E-state index in [2.05, 4.69) is 41.5 Å². The minimum atomic E-state index is 0.00750. The van der Waals surface area contributed by atoms with Crippen molar-refractivity contribution >= 4 is 7.28 Å². The maximum atomic E-state index is 6.33. The van der Waals surface area contributed by atoms with Crippen LogP contribution in [0.3, 0.4) is 0 Å². The van der Waals surface area contributed by atoms with Crippen LogP contribution in [0.2, 0.25) is 11.6 Å². The SMILES string of the molecule is CC1(C)C2CBC(C)(C)C(C)(C)OCC1CC2. The summed E-state index contributed by atoms with van der Waals surface area (Å²) in [5.74, 6) is 1.67. The first kappa shape index (κ1) is 13.5. The van der Waals surface area contributed by atoms with Crippen LogP contribution in [0, 0.1) is 17.3 Å². The van der Waals surface area contributed by atoms with E-state index in [1.165, 1.54) is 26.4 Å². The van der Waals surface area contributed by atoms with E-state index >= 15 is 0 Å². The highest BCUT2D eigenvalue weighted by Crippen LogP contribution is 2.53. The number of rotatable bonds is 0. The molecule has 0 amide bonds. The number of ether oxygens (including phenoxy) is 1. The molecule has 1 aliphatic heterocycles. The van der Waals surface area contributed by atoms with Gasteiger partial charge in [-0.2, -0.15) is 0 Å². The van der Waals surface area contributed by atoms with Crippen LogP contribution in [-0.4, -0.2) is 19.5 Å². The summed E-state index contributed by atoms with van der Waals surface area (Å²) in [4.78, 5) is 0. The lowest BCUT2D eigenvalue weighted by Gasteiger charge is -2.42. The topological polar surface area (TPSA) is 9.23 Å². The van der Waals surface area contributed by atoms with Gasteiger partial charge in [0.25, 0.3) is 0 Å². The van der Waals surface area contributed by atoms with Gasteiger partial charge in [0.2, 0.25) is 0 Å². The zero-order chi connectivity index (χ0) is 12.9. The van der Waals surface area contributed by atoms with Crippen molar-refractivity contribution in [3.05, 3.63) is 0 Å². The van der Waals surface area contributed by atoms with Crippen molar-refractivity contribution in [3.8, 4) is 0 Å². The van der Waals surface area contributed by atoms with Gasteiger partial charge in [0.1, 0.15) is 7.28 Å². The number of hydrogen-bond acceptors (Lipinski definition) is 1. The Hall–Kier alpha value is 0.0249. The lowest BCUT2D eigenvalue weighted by atomic mass is 9.44. The van der Waals surface area contributed by atoms with Crippen LogP contribution < -0.4 is 0 Å². The molecule has 1 saturated carbocycles. The zero-order valence-electron chi connectivity index (χ0n) is 12.6. The third-order valence-electron chi connectivity index (χ3n) is 6.36. The number of hydrogen-bond donors (Lipinski definition) is 0. The van der Waals surface area contributed by atoms with Crippen molar-refractivity contribution in [2.24, 2.45) is 17.3 Å². The molecular formula is C15H29BO. The predicted octanol–water partition coefficient (Wildman–Crippen LogP) is 3.90. The molecule has 0 aromatic rings. The average Bonchev–Trinajstić information content (AvgIpc) is 2.47. The summed E-state index contributed by atoms with van der Waals surface area (Å²) in [5, 5.41) is 0.285. The Morgan fingerprint density at radius 1 is 0.941 bits per heavy atom. The molecule has 0 aromatic carbocycles. The molecular weight excluding hydrogens is 207 g/mol. The van der Waals surface area contributed by atoms with Gasteiger partial charge in [0, 0.05) is 0 Å². The van der Waals surface area contributed by atoms with Crippen LogP contribution in [0.5, 0.6) is 0 Å². The van der Waals surface area contributed by atoms with Gasteiger partial charge in [-0.25, -0.2) is 0 Å². The highest BCUT2D eigenvalue weighted by Gasteiger charge is 2.48. The van der Waals surface area contributed by atoms with Crippen LogP contribution in [-0.2, 0) is 4.74 Å². The van der Waals surface area contributed by atoms with Gasteiger partial charge in [0.05, 0.1) is 12.2 Å². The Morgan fingerprint density at radius 2 is 1.53 bits per heavy atom. The van der Waals surface area contributed by atoms with Crippen molar-refractivity contribution in [1.82, 2.24) is 0 Å². The van der Waals surface area contributed by atoms with Gasteiger partial charge in [-0.15, -0.1) is 0 Å². The second-order valence-electron chi connectivity index (χ2n) is 8.04. The molecule has 1 aliphatic carbocycles. The van der Waals surface area contributed by atoms with Crippen molar-refractivity contribution in [2.75, 3.05) is 6.61 Å². The summed E-state index contributed by atoms with van der Waals surface area (Å²) < 4.78 is 6.33. The molecule has 2 bridgehead atoms. The predicted molar refractivity (Wildman–Crippen MR) is 76.0 cm³/mol. The van der Waals surface area contributed by atoms with Crippen LogP contribution >= 0.6 is 0 Å². The van der Waals surface area contributed by atoms with Gasteiger partial charge >= 0.3 is 0 Å². The smallest absolute Gasteiger partial charge is 0.131 e. The normalized spacial score (nSPS) is 38.7. The summed E-state index contributed by atoms with van der Waals surface area (Å²) in [6.07, 6.45) is 4.16. The van der Waals surface area contributed by atoms with Crippen LogP contribution in [0.25, 0.3) is 0 Å².